The van der Waals surface area contributed by atoms with E-state index in [9.17, 15) is 4.79 Å². The summed E-state index contributed by atoms with van der Waals surface area (Å²) < 4.78 is 0. The van der Waals surface area contributed by atoms with Gasteiger partial charge in [0.05, 0.1) is 23.0 Å². The van der Waals surface area contributed by atoms with Gasteiger partial charge < -0.3 is 9.88 Å². The maximum atomic E-state index is 13.6. The number of hydrogen-bond acceptors (Lipinski definition) is 4. The van der Waals surface area contributed by atoms with E-state index in [-0.39, 0.29) is 5.91 Å². The molecule has 1 aromatic heterocycles. The van der Waals surface area contributed by atoms with Crippen LogP contribution in [0.25, 0.3) is 11.4 Å². The summed E-state index contributed by atoms with van der Waals surface area (Å²) in [6.45, 7) is 8.70. The fraction of sp³-hybridized carbons (Fsp3) is 0.414. The standard InChI is InChI=1S/C29H33N5O/c1-18-13-19(2)25(15-24(18)28-31-26-14-20(3)33(4)17-27(26)32-28)29(35)34-11-9-23(10-12-34)22-7-5-21(16-30)6-8-22/h5-8,13,15,20,23H,9-12,14,17H2,1-4H3,(H,31,32). The van der Waals surface area contributed by atoms with Crippen molar-refractivity contribution in [2.75, 3.05) is 20.1 Å². The van der Waals surface area contributed by atoms with Crippen molar-refractivity contribution in [2.45, 2.75) is 58.5 Å². The Morgan fingerprint density at radius 3 is 2.51 bits per heavy atom. The van der Waals surface area contributed by atoms with E-state index in [1.54, 1.807) is 0 Å². The molecule has 2 aromatic carbocycles. The fourth-order valence-electron chi connectivity index (χ4n) is 5.47. The number of imidazole rings is 1. The van der Waals surface area contributed by atoms with E-state index in [0.29, 0.717) is 17.5 Å². The number of benzene rings is 2. The third kappa shape index (κ3) is 4.49. The average molecular weight is 468 g/mol. The molecule has 0 spiro atoms. The molecule has 180 valence electrons. The van der Waals surface area contributed by atoms with E-state index in [1.807, 2.05) is 30.0 Å². The number of aromatic amines is 1. The number of rotatable bonds is 3. The molecule has 5 rings (SSSR count). The average Bonchev–Trinajstić information content (AvgIpc) is 3.26. The second-order valence-electron chi connectivity index (χ2n) is 10.3. The number of piperidine rings is 1. The van der Waals surface area contributed by atoms with E-state index < -0.39 is 0 Å². The van der Waals surface area contributed by atoms with Crippen LogP contribution in [0.3, 0.4) is 0 Å². The first-order valence-electron chi connectivity index (χ1n) is 12.5. The number of likely N-dealkylation sites (N-methyl/N-ethyl adjacent to an activating group) is 1. The molecular weight excluding hydrogens is 434 g/mol. The van der Waals surface area contributed by atoms with Crippen LogP contribution in [0.4, 0.5) is 0 Å². The number of H-pyrrole nitrogens is 1. The molecule has 2 aliphatic heterocycles. The number of amides is 1. The molecule has 6 nitrogen and oxygen atoms in total. The van der Waals surface area contributed by atoms with Crippen LogP contribution in [-0.4, -0.2) is 51.9 Å². The number of nitrogens with zero attached hydrogens (tertiary/aromatic N) is 4. The highest BCUT2D eigenvalue weighted by atomic mass is 16.2. The Balaban J connectivity index is 1.34. The summed E-state index contributed by atoms with van der Waals surface area (Å²) >= 11 is 0. The van der Waals surface area contributed by atoms with Gasteiger partial charge in [-0.3, -0.25) is 9.69 Å². The molecule has 35 heavy (non-hydrogen) atoms. The molecule has 1 atom stereocenters. The Kier molecular flexibility index (Phi) is 6.21. The summed E-state index contributed by atoms with van der Waals surface area (Å²) in [5.41, 5.74) is 8.18. The minimum atomic E-state index is 0.103. The number of hydrogen-bond donors (Lipinski definition) is 1. The van der Waals surface area contributed by atoms with Gasteiger partial charge in [0.1, 0.15) is 5.82 Å². The van der Waals surface area contributed by atoms with Gasteiger partial charge in [0.25, 0.3) is 5.91 Å². The smallest absolute Gasteiger partial charge is 0.254 e. The number of nitriles is 1. The molecule has 6 heteroatoms. The number of fused-ring (bicyclic) bond motifs is 1. The van der Waals surface area contributed by atoms with Crippen LogP contribution in [0.2, 0.25) is 0 Å². The van der Waals surface area contributed by atoms with Crippen LogP contribution >= 0.6 is 0 Å². The first-order valence-corrected chi connectivity index (χ1v) is 12.5. The van der Waals surface area contributed by atoms with Gasteiger partial charge in [-0.15, -0.1) is 0 Å². The topological polar surface area (TPSA) is 76.0 Å². The van der Waals surface area contributed by atoms with E-state index in [4.69, 9.17) is 10.2 Å². The Bertz CT molecular complexity index is 1260. The minimum absolute atomic E-state index is 0.103. The lowest BCUT2D eigenvalue weighted by Gasteiger charge is -2.32. The van der Waals surface area contributed by atoms with Gasteiger partial charge in [-0.1, -0.05) is 18.2 Å². The predicted molar refractivity (Wildman–Crippen MR) is 137 cm³/mol. The third-order valence-electron chi connectivity index (χ3n) is 7.86. The van der Waals surface area contributed by atoms with Crippen LogP contribution in [0.1, 0.15) is 69.7 Å². The number of aromatic nitrogens is 2. The zero-order chi connectivity index (χ0) is 24.7. The molecule has 2 aliphatic rings. The van der Waals surface area contributed by atoms with Crippen molar-refractivity contribution in [3.8, 4) is 17.5 Å². The lowest BCUT2D eigenvalue weighted by atomic mass is 9.88. The van der Waals surface area contributed by atoms with Crippen LogP contribution in [0.5, 0.6) is 0 Å². The molecule has 1 amide bonds. The van der Waals surface area contributed by atoms with Crippen LogP contribution in [-0.2, 0) is 13.0 Å². The quantitative estimate of drug-likeness (QED) is 0.591. The minimum Gasteiger partial charge on any atom is -0.341 e. The summed E-state index contributed by atoms with van der Waals surface area (Å²) in [5.74, 6) is 1.40. The lowest BCUT2D eigenvalue weighted by Crippen LogP contribution is -2.38. The molecule has 1 saturated heterocycles. The molecule has 3 aromatic rings. The molecule has 0 saturated carbocycles. The van der Waals surface area contributed by atoms with Gasteiger partial charge in [-0.05, 0) is 81.5 Å². The van der Waals surface area contributed by atoms with Gasteiger partial charge in [0.15, 0.2) is 0 Å². The lowest BCUT2D eigenvalue weighted by molar-refractivity contribution is 0.0712. The van der Waals surface area contributed by atoms with Crippen molar-refractivity contribution in [3.63, 3.8) is 0 Å². The van der Waals surface area contributed by atoms with Crippen molar-refractivity contribution >= 4 is 5.91 Å². The van der Waals surface area contributed by atoms with Crippen LogP contribution in [0, 0.1) is 25.2 Å². The van der Waals surface area contributed by atoms with E-state index in [1.165, 1.54) is 11.3 Å². The van der Waals surface area contributed by atoms with Gasteiger partial charge >= 0.3 is 0 Å². The number of likely N-dealkylation sites (tertiary alicyclic amines) is 1. The van der Waals surface area contributed by atoms with Crippen molar-refractivity contribution in [3.05, 3.63) is 75.6 Å². The molecule has 1 N–H and O–H groups in total. The molecule has 0 radical (unpaired) electrons. The SMILES string of the molecule is Cc1cc(C)c(-c2nc3c([nH]2)CN(C)C(C)C3)cc1C(=O)N1CCC(c2ccc(C#N)cc2)CC1. The molecule has 1 unspecified atom stereocenters. The molecular formula is C29H33N5O. The molecule has 0 aliphatic carbocycles. The first kappa shape index (κ1) is 23.3. The Morgan fingerprint density at radius 2 is 1.83 bits per heavy atom. The van der Waals surface area contributed by atoms with Crippen molar-refractivity contribution in [1.82, 2.24) is 19.8 Å². The summed E-state index contributed by atoms with van der Waals surface area (Å²) in [7, 11) is 2.15. The normalized spacial score (nSPS) is 18.8. The number of nitrogens with one attached hydrogen (secondary N) is 1. The largest absolute Gasteiger partial charge is 0.341 e. The first-order chi connectivity index (χ1) is 16.8. The number of carbonyl (C=O) groups is 1. The van der Waals surface area contributed by atoms with Crippen molar-refractivity contribution in [2.24, 2.45) is 0 Å². The number of carbonyl (C=O) groups excluding carboxylic acids is 1. The predicted octanol–water partition coefficient (Wildman–Crippen LogP) is 4.96. The maximum absolute atomic E-state index is 13.6. The highest BCUT2D eigenvalue weighted by Crippen LogP contribution is 2.32. The summed E-state index contributed by atoms with van der Waals surface area (Å²) in [5, 5.41) is 9.04. The zero-order valence-corrected chi connectivity index (χ0v) is 21.1. The highest BCUT2D eigenvalue weighted by Gasteiger charge is 2.27. The second-order valence-corrected chi connectivity index (χ2v) is 10.3. The summed E-state index contributed by atoms with van der Waals surface area (Å²) in [6.07, 6.45) is 2.81. The van der Waals surface area contributed by atoms with Crippen molar-refractivity contribution < 1.29 is 4.79 Å². The van der Waals surface area contributed by atoms with Gasteiger partial charge in [-0.2, -0.15) is 5.26 Å². The Hall–Kier alpha value is -3.43. The molecule has 1 fully saturated rings. The van der Waals surface area contributed by atoms with Gasteiger partial charge in [0, 0.05) is 43.2 Å². The second kappa shape index (κ2) is 9.31. The highest BCUT2D eigenvalue weighted by molar-refractivity contribution is 5.97. The number of aryl methyl sites for hydroxylation is 2. The summed E-state index contributed by atoms with van der Waals surface area (Å²) in [6, 6.07) is 14.7. The fourth-order valence-corrected chi connectivity index (χ4v) is 5.47. The van der Waals surface area contributed by atoms with Crippen LogP contribution in [0.15, 0.2) is 36.4 Å². The monoisotopic (exact) mass is 467 g/mol. The van der Waals surface area contributed by atoms with E-state index in [0.717, 1.165) is 72.7 Å². The maximum Gasteiger partial charge on any atom is 0.254 e. The molecule has 0 bridgehead atoms. The van der Waals surface area contributed by atoms with Crippen LogP contribution < -0.4 is 0 Å². The van der Waals surface area contributed by atoms with E-state index in [2.05, 4.69) is 55.0 Å². The third-order valence-corrected chi connectivity index (χ3v) is 7.86. The Labute approximate surface area is 207 Å². The van der Waals surface area contributed by atoms with Gasteiger partial charge in [0.2, 0.25) is 0 Å². The zero-order valence-electron chi connectivity index (χ0n) is 21.1. The summed E-state index contributed by atoms with van der Waals surface area (Å²) in [4.78, 5) is 26.4. The van der Waals surface area contributed by atoms with E-state index >= 15 is 0 Å². The molecule has 3 heterocycles. The Morgan fingerprint density at radius 1 is 1.11 bits per heavy atom. The van der Waals surface area contributed by atoms with Crippen molar-refractivity contribution in [1.29, 1.82) is 5.26 Å². The van der Waals surface area contributed by atoms with Gasteiger partial charge in [-0.25, -0.2) is 4.98 Å².